The SMILES string of the molecule is CCCCCC(O)C=CC1(CCCCCCCO)CCC(O)C1. The third-order valence-corrected chi connectivity index (χ3v) is 5.23. The molecular formula is C20H38O3. The zero-order chi connectivity index (χ0) is 17.0. The van der Waals surface area contributed by atoms with Gasteiger partial charge in [0.05, 0.1) is 12.2 Å². The Morgan fingerprint density at radius 1 is 1.09 bits per heavy atom. The Morgan fingerprint density at radius 2 is 1.83 bits per heavy atom. The number of rotatable bonds is 13. The Morgan fingerprint density at radius 3 is 2.48 bits per heavy atom. The molecule has 0 aromatic rings. The highest BCUT2D eigenvalue weighted by molar-refractivity contribution is 5.06. The van der Waals surface area contributed by atoms with E-state index in [-0.39, 0.29) is 17.6 Å². The highest BCUT2D eigenvalue weighted by Crippen LogP contribution is 2.44. The topological polar surface area (TPSA) is 60.7 Å². The van der Waals surface area contributed by atoms with Crippen molar-refractivity contribution in [1.82, 2.24) is 0 Å². The quantitative estimate of drug-likeness (QED) is 0.348. The van der Waals surface area contributed by atoms with Crippen molar-refractivity contribution in [2.24, 2.45) is 5.41 Å². The van der Waals surface area contributed by atoms with E-state index in [9.17, 15) is 10.2 Å². The van der Waals surface area contributed by atoms with Gasteiger partial charge in [-0.15, -0.1) is 0 Å². The molecule has 0 spiro atoms. The molecule has 0 aromatic carbocycles. The molecule has 1 rings (SSSR count). The average Bonchev–Trinajstić information content (AvgIpc) is 2.91. The maximum Gasteiger partial charge on any atom is 0.0721 e. The molecule has 0 amide bonds. The summed E-state index contributed by atoms with van der Waals surface area (Å²) in [6.45, 7) is 2.48. The summed E-state index contributed by atoms with van der Waals surface area (Å²) in [4.78, 5) is 0. The van der Waals surface area contributed by atoms with E-state index in [4.69, 9.17) is 5.11 Å². The molecule has 3 nitrogen and oxygen atoms in total. The van der Waals surface area contributed by atoms with E-state index in [0.717, 1.165) is 51.4 Å². The summed E-state index contributed by atoms with van der Waals surface area (Å²) in [6, 6.07) is 0. The molecule has 1 aliphatic rings. The van der Waals surface area contributed by atoms with Gasteiger partial charge in [0.15, 0.2) is 0 Å². The molecule has 3 N–H and O–H groups in total. The van der Waals surface area contributed by atoms with Crippen molar-refractivity contribution in [2.45, 2.75) is 103 Å². The molecule has 0 aromatic heterocycles. The molecule has 3 heteroatoms. The van der Waals surface area contributed by atoms with Crippen molar-refractivity contribution in [2.75, 3.05) is 6.61 Å². The molecule has 1 fully saturated rings. The van der Waals surface area contributed by atoms with Crippen molar-refractivity contribution in [3.8, 4) is 0 Å². The smallest absolute Gasteiger partial charge is 0.0721 e. The van der Waals surface area contributed by atoms with Crippen LogP contribution in [0, 0.1) is 5.41 Å². The van der Waals surface area contributed by atoms with Crippen LogP contribution in [0.15, 0.2) is 12.2 Å². The van der Waals surface area contributed by atoms with Crippen LogP contribution in [-0.4, -0.2) is 34.1 Å². The Hall–Kier alpha value is -0.380. The lowest BCUT2D eigenvalue weighted by atomic mass is 9.80. The Balaban J connectivity index is 2.38. The lowest BCUT2D eigenvalue weighted by molar-refractivity contribution is 0.165. The largest absolute Gasteiger partial charge is 0.396 e. The first-order valence-electron chi connectivity index (χ1n) is 9.78. The normalized spacial score (nSPS) is 26.2. The maximum atomic E-state index is 10.1. The van der Waals surface area contributed by atoms with Crippen LogP contribution >= 0.6 is 0 Å². The van der Waals surface area contributed by atoms with Crippen molar-refractivity contribution < 1.29 is 15.3 Å². The van der Waals surface area contributed by atoms with Gasteiger partial charge >= 0.3 is 0 Å². The molecule has 23 heavy (non-hydrogen) atoms. The Labute approximate surface area is 142 Å². The van der Waals surface area contributed by atoms with Crippen molar-refractivity contribution in [1.29, 1.82) is 0 Å². The Kier molecular flexibility index (Phi) is 10.8. The molecule has 0 bridgehead atoms. The number of aliphatic hydroxyl groups excluding tert-OH is 3. The lowest BCUT2D eigenvalue weighted by Crippen LogP contribution is -2.16. The maximum absolute atomic E-state index is 10.1. The fourth-order valence-electron chi connectivity index (χ4n) is 3.72. The van der Waals surface area contributed by atoms with Crippen LogP contribution in [0.25, 0.3) is 0 Å². The molecule has 0 aliphatic heterocycles. The van der Waals surface area contributed by atoms with Crippen LogP contribution in [0.1, 0.15) is 90.4 Å². The van der Waals surface area contributed by atoms with Gasteiger partial charge in [0.2, 0.25) is 0 Å². The first kappa shape index (κ1) is 20.7. The molecule has 0 heterocycles. The van der Waals surface area contributed by atoms with E-state index in [2.05, 4.69) is 13.0 Å². The molecule has 3 unspecified atom stereocenters. The minimum Gasteiger partial charge on any atom is -0.396 e. The summed E-state index contributed by atoms with van der Waals surface area (Å²) in [5.74, 6) is 0. The number of unbranched alkanes of at least 4 members (excludes halogenated alkanes) is 6. The minimum absolute atomic E-state index is 0.0993. The van der Waals surface area contributed by atoms with Crippen LogP contribution < -0.4 is 0 Å². The second-order valence-corrected chi connectivity index (χ2v) is 7.42. The molecular weight excluding hydrogens is 288 g/mol. The van der Waals surface area contributed by atoms with Crippen LogP contribution in [0.2, 0.25) is 0 Å². The van der Waals surface area contributed by atoms with Gasteiger partial charge in [-0.2, -0.15) is 0 Å². The van der Waals surface area contributed by atoms with Gasteiger partial charge in [0.25, 0.3) is 0 Å². The third-order valence-electron chi connectivity index (χ3n) is 5.23. The molecule has 0 saturated heterocycles. The van der Waals surface area contributed by atoms with E-state index < -0.39 is 0 Å². The molecule has 3 atom stereocenters. The van der Waals surface area contributed by atoms with Crippen LogP contribution in [-0.2, 0) is 0 Å². The number of aliphatic hydroxyl groups is 3. The van der Waals surface area contributed by atoms with E-state index in [1.165, 1.54) is 32.1 Å². The van der Waals surface area contributed by atoms with E-state index in [1.54, 1.807) is 0 Å². The second-order valence-electron chi connectivity index (χ2n) is 7.42. The van der Waals surface area contributed by atoms with Gasteiger partial charge in [0, 0.05) is 6.61 Å². The van der Waals surface area contributed by atoms with Crippen LogP contribution in [0.3, 0.4) is 0 Å². The fourth-order valence-corrected chi connectivity index (χ4v) is 3.72. The van der Waals surface area contributed by atoms with Gasteiger partial charge in [-0.1, -0.05) is 64.0 Å². The fraction of sp³-hybridized carbons (Fsp3) is 0.900. The summed E-state index contributed by atoms with van der Waals surface area (Å²) in [5, 5.41) is 28.9. The monoisotopic (exact) mass is 326 g/mol. The predicted octanol–water partition coefficient (Wildman–Crippen LogP) is 4.35. The van der Waals surface area contributed by atoms with Gasteiger partial charge in [0.1, 0.15) is 0 Å². The first-order valence-corrected chi connectivity index (χ1v) is 9.78. The average molecular weight is 327 g/mol. The summed E-state index contributed by atoms with van der Waals surface area (Å²) in [5.41, 5.74) is 0.0993. The van der Waals surface area contributed by atoms with Gasteiger partial charge in [-0.05, 0) is 43.9 Å². The van der Waals surface area contributed by atoms with Gasteiger partial charge in [-0.25, -0.2) is 0 Å². The van der Waals surface area contributed by atoms with E-state index in [0.29, 0.717) is 6.61 Å². The van der Waals surface area contributed by atoms with Gasteiger partial charge in [-0.3, -0.25) is 0 Å². The first-order chi connectivity index (χ1) is 11.1. The summed E-state index contributed by atoms with van der Waals surface area (Å²) >= 11 is 0. The van der Waals surface area contributed by atoms with E-state index in [1.807, 2.05) is 6.08 Å². The molecule has 136 valence electrons. The summed E-state index contributed by atoms with van der Waals surface area (Å²) in [6.07, 6.45) is 17.5. The zero-order valence-corrected chi connectivity index (χ0v) is 15.1. The standard InChI is InChI=1S/C20H38O3/c1-2-3-7-10-18(22)11-14-20(15-12-19(23)17-20)13-8-5-4-6-9-16-21/h11,14,18-19,21-23H,2-10,12-13,15-17H2,1H3. The van der Waals surface area contributed by atoms with Crippen LogP contribution in [0.4, 0.5) is 0 Å². The highest BCUT2D eigenvalue weighted by Gasteiger charge is 2.35. The van der Waals surface area contributed by atoms with Crippen molar-refractivity contribution in [3.63, 3.8) is 0 Å². The minimum atomic E-state index is -0.333. The summed E-state index contributed by atoms with van der Waals surface area (Å²) < 4.78 is 0. The number of allylic oxidation sites excluding steroid dienone is 1. The van der Waals surface area contributed by atoms with Crippen LogP contribution in [0.5, 0.6) is 0 Å². The number of hydrogen-bond donors (Lipinski definition) is 3. The zero-order valence-electron chi connectivity index (χ0n) is 15.1. The summed E-state index contributed by atoms with van der Waals surface area (Å²) in [7, 11) is 0. The second kappa shape index (κ2) is 12.0. The van der Waals surface area contributed by atoms with Crippen molar-refractivity contribution in [3.05, 3.63) is 12.2 Å². The molecule has 1 saturated carbocycles. The third kappa shape index (κ3) is 8.88. The highest BCUT2D eigenvalue weighted by atomic mass is 16.3. The van der Waals surface area contributed by atoms with Gasteiger partial charge < -0.3 is 15.3 Å². The predicted molar refractivity (Wildman–Crippen MR) is 96.4 cm³/mol. The number of hydrogen-bond acceptors (Lipinski definition) is 3. The molecule has 1 aliphatic carbocycles. The van der Waals surface area contributed by atoms with Crippen molar-refractivity contribution >= 4 is 0 Å². The Bertz CT molecular complexity index is 316. The van der Waals surface area contributed by atoms with E-state index >= 15 is 0 Å². The lowest BCUT2D eigenvalue weighted by Gasteiger charge is -2.26. The molecule has 0 radical (unpaired) electrons.